The van der Waals surface area contributed by atoms with Crippen molar-refractivity contribution in [1.29, 1.82) is 0 Å². The summed E-state index contributed by atoms with van der Waals surface area (Å²) in [5, 5.41) is 5.41. The van der Waals surface area contributed by atoms with Crippen molar-refractivity contribution in [2.24, 2.45) is 0 Å². The summed E-state index contributed by atoms with van der Waals surface area (Å²) in [7, 11) is 0. The van der Waals surface area contributed by atoms with Crippen molar-refractivity contribution < 1.29 is 0 Å². The highest BCUT2D eigenvalue weighted by molar-refractivity contribution is 7.99. The summed E-state index contributed by atoms with van der Waals surface area (Å²) in [4.78, 5) is 5.80. The molecule has 0 spiro atoms. The van der Waals surface area contributed by atoms with Gasteiger partial charge < -0.3 is 5.32 Å². The standard InChI is InChI=1S/C17H19ClN2S/c1-11-8-12(2)20-17(9-11)21-16-5-3-4-15(18)14(16)10-19-13-6-7-13/h3-5,8-9,13,19H,6-7,10H2,1-2H3. The summed E-state index contributed by atoms with van der Waals surface area (Å²) in [6, 6.07) is 11.0. The lowest BCUT2D eigenvalue weighted by molar-refractivity contribution is 0.680. The number of nitrogens with one attached hydrogen (secondary N) is 1. The second-order valence-electron chi connectivity index (χ2n) is 5.60. The number of aromatic nitrogens is 1. The fourth-order valence-corrected chi connectivity index (χ4v) is 3.72. The van der Waals surface area contributed by atoms with Gasteiger partial charge in [-0.25, -0.2) is 4.98 Å². The maximum Gasteiger partial charge on any atom is 0.101 e. The number of aryl methyl sites for hydroxylation is 2. The number of halogens is 1. The minimum absolute atomic E-state index is 0.679. The molecule has 0 atom stereocenters. The molecule has 0 saturated heterocycles. The topological polar surface area (TPSA) is 24.9 Å². The van der Waals surface area contributed by atoms with E-state index in [9.17, 15) is 0 Å². The van der Waals surface area contributed by atoms with Gasteiger partial charge in [-0.05, 0) is 62.1 Å². The molecule has 1 heterocycles. The summed E-state index contributed by atoms with van der Waals surface area (Å²) < 4.78 is 0. The van der Waals surface area contributed by atoms with E-state index in [1.54, 1.807) is 11.8 Å². The largest absolute Gasteiger partial charge is 0.310 e. The van der Waals surface area contributed by atoms with E-state index in [1.807, 2.05) is 19.1 Å². The second-order valence-corrected chi connectivity index (χ2v) is 7.07. The third-order valence-electron chi connectivity index (χ3n) is 3.51. The maximum atomic E-state index is 6.39. The van der Waals surface area contributed by atoms with Crippen molar-refractivity contribution >= 4 is 23.4 Å². The molecule has 2 nitrogen and oxygen atoms in total. The van der Waals surface area contributed by atoms with Gasteiger partial charge in [-0.15, -0.1) is 0 Å². The average molecular weight is 319 g/mol. The van der Waals surface area contributed by atoms with Crippen molar-refractivity contribution in [3.05, 3.63) is 52.2 Å². The molecule has 110 valence electrons. The fraction of sp³-hybridized carbons (Fsp3) is 0.353. The molecule has 1 aliphatic carbocycles. The molecular formula is C17H19ClN2S. The molecule has 0 bridgehead atoms. The molecule has 21 heavy (non-hydrogen) atoms. The van der Waals surface area contributed by atoms with Crippen LogP contribution in [0.1, 0.15) is 29.7 Å². The van der Waals surface area contributed by atoms with Crippen LogP contribution in [0.2, 0.25) is 5.02 Å². The Balaban J connectivity index is 1.84. The monoisotopic (exact) mass is 318 g/mol. The molecule has 0 aliphatic heterocycles. The average Bonchev–Trinajstić information content (AvgIpc) is 3.21. The third kappa shape index (κ3) is 4.00. The molecule has 2 aromatic rings. The molecule has 0 amide bonds. The molecule has 1 aromatic carbocycles. The predicted octanol–water partition coefficient (Wildman–Crippen LogP) is 4.76. The Kier molecular flexibility index (Phi) is 4.53. The number of nitrogens with zero attached hydrogens (tertiary/aromatic N) is 1. The minimum atomic E-state index is 0.679. The zero-order valence-corrected chi connectivity index (χ0v) is 13.9. The van der Waals surface area contributed by atoms with Crippen LogP contribution in [0.25, 0.3) is 0 Å². The van der Waals surface area contributed by atoms with Gasteiger partial charge in [-0.1, -0.05) is 29.4 Å². The first-order valence-electron chi connectivity index (χ1n) is 7.26. The first kappa shape index (κ1) is 14.9. The van der Waals surface area contributed by atoms with E-state index in [-0.39, 0.29) is 0 Å². The van der Waals surface area contributed by atoms with Gasteiger partial charge in [0, 0.05) is 28.2 Å². The van der Waals surface area contributed by atoms with Crippen molar-refractivity contribution in [2.75, 3.05) is 0 Å². The SMILES string of the molecule is Cc1cc(C)nc(Sc2cccc(Cl)c2CNC2CC2)c1. The molecule has 4 heteroatoms. The van der Waals surface area contributed by atoms with Crippen LogP contribution in [0, 0.1) is 13.8 Å². The van der Waals surface area contributed by atoms with E-state index in [4.69, 9.17) is 11.6 Å². The van der Waals surface area contributed by atoms with Crippen LogP contribution >= 0.6 is 23.4 Å². The Morgan fingerprint density at radius 3 is 2.81 bits per heavy atom. The van der Waals surface area contributed by atoms with Gasteiger partial charge in [0.25, 0.3) is 0 Å². The number of rotatable bonds is 5. The summed E-state index contributed by atoms with van der Waals surface area (Å²) in [6.07, 6.45) is 2.57. The van der Waals surface area contributed by atoms with Gasteiger partial charge >= 0.3 is 0 Å². The molecule has 0 radical (unpaired) electrons. The lowest BCUT2D eigenvalue weighted by atomic mass is 10.2. The molecule has 1 aromatic heterocycles. The van der Waals surface area contributed by atoms with E-state index in [0.717, 1.165) is 22.3 Å². The highest BCUT2D eigenvalue weighted by atomic mass is 35.5. The third-order valence-corrected chi connectivity index (χ3v) is 4.88. The summed E-state index contributed by atoms with van der Waals surface area (Å²) >= 11 is 8.08. The Bertz CT molecular complexity index is 633. The normalized spacial score (nSPS) is 14.4. The number of pyridine rings is 1. The van der Waals surface area contributed by atoms with Crippen LogP contribution in [-0.4, -0.2) is 11.0 Å². The molecule has 1 saturated carbocycles. The smallest absolute Gasteiger partial charge is 0.101 e. The highest BCUT2D eigenvalue weighted by Gasteiger charge is 2.21. The van der Waals surface area contributed by atoms with Gasteiger partial charge in [0.15, 0.2) is 0 Å². The Labute approximate surface area is 135 Å². The van der Waals surface area contributed by atoms with Gasteiger partial charge in [0.2, 0.25) is 0 Å². The molecule has 3 rings (SSSR count). The predicted molar refractivity (Wildman–Crippen MR) is 89.1 cm³/mol. The van der Waals surface area contributed by atoms with Gasteiger partial charge in [0.1, 0.15) is 5.03 Å². The number of benzene rings is 1. The van der Waals surface area contributed by atoms with E-state index in [0.29, 0.717) is 6.04 Å². The highest BCUT2D eigenvalue weighted by Crippen LogP contribution is 2.34. The van der Waals surface area contributed by atoms with Crippen LogP contribution in [0.3, 0.4) is 0 Å². The molecule has 0 unspecified atom stereocenters. The number of hydrogen-bond donors (Lipinski definition) is 1. The van der Waals surface area contributed by atoms with E-state index >= 15 is 0 Å². The Morgan fingerprint density at radius 1 is 1.29 bits per heavy atom. The van der Waals surface area contributed by atoms with Crippen LogP contribution in [0.15, 0.2) is 40.3 Å². The molecule has 1 fully saturated rings. The van der Waals surface area contributed by atoms with Crippen LogP contribution < -0.4 is 5.32 Å². The van der Waals surface area contributed by atoms with E-state index in [2.05, 4.69) is 35.4 Å². The first-order chi connectivity index (χ1) is 10.1. The van der Waals surface area contributed by atoms with Crippen molar-refractivity contribution in [2.45, 2.75) is 49.2 Å². The Morgan fingerprint density at radius 2 is 2.10 bits per heavy atom. The fourth-order valence-electron chi connectivity index (χ4n) is 2.31. The zero-order chi connectivity index (χ0) is 14.8. The lowest BCUT2D eigenvalue weighted by Gasteiger charge is -2.12. The maximum absolute atomic E-state index is 6.39. The number of hydrogen-bond acceptors (Lipinski definition) is 3. The van der Waals surface area contributed by atoms with Crippen molar-refractivity contribution in [1.82, 2.24) is 10.3 Å². The Hall–Kier alpha value is -1.03. The van der Waals surface area contributed by atoms with Gasteiger partial charge in [0.05, 0.1) is 0 Å². The first-order valence-corrected chi connectivity index (χ1v) is 8.45. The van der Waals surface area contributed by atoms with Crippen LogP contribution in [0.4, 0.5) is 0 Å². The zero-order valence-electron chi connectivity index (χ0n) is 12.3. The van der Waals surface area contributed by atoms with E-state index in [1.165, 1.54) is 28.9 Å². The summed E-state index contributed by atoms with van der Waals surface area (Å²) in [5.41, 5.74) is 3.47. The minimum Gasteiger partial charge on any atom is -0.310 e. The van der Waals surface area contributed by atoms with Crippen molar-refractivity contribution in [3.63, 3.8) is 0 Å². The van der Waals surface area contributed by atoms with E-state index < -0.39 is 0 Å². The second kappa shape index (κ2) is 6.39. The van der Waals surface area contributed by atoms with Gasteiger partial charge in [-0.2, -0.15) is 0 Å². The van der Waals surface area contributed by atoms with Crippen LogP contribution in [0.5, 0.6) is 0 Å². The van der Waals surface area contributed by atoms with Gasteiger partial charge in [-0.3, -0.25) is 0 Å². The molecule has 1 N–H and O–H groups in total. The quantitative estimate of drug-likeness (QED) is 0.860. The lowest BCUT2D eigenvalue weighted by Crippen LogP contribution is -2.16. The molecular weight excluding hydrogens is 300 g/mol. The van der Waals surface area contributed by atoms with Crippen molar-refractivity contribution in [3.8, 4) is 0 Å². The van der Waals surface area contributed by atoms with Crippen LogP contribution in [-0.2, 0) is 6.54 Å². The summed E-state index contributed by atoms with van der Waals surface area (Å²) in [6.45, 7) is 4.97. The summed E-state index contributed by atoms with van der Waals surface area (Å²) in [5.74, 6) is 0. The molecule has 1 aliphatic rings.